The van der Waals surface area contributed by atoms with Crippen molar-refractivity contribution in [3.8, 4) is 6.07 Å². The van der Waals surface area contributed by atoms with Crippen molar-refractivity contribution in [1.29, 1.82) is 5.26 Å². The van der Waals surface area contributed by atoms with Crippen LogP contribution in [0.2, 0.25) is 0 Å². The summed E-state index contributed by atoms with van der Waals surface area (Å²) in [6, 6.07) is 2.27. The molecule has 2 heterocycles. The highest BCUT2D eigenvalue weighted by molar-refractivity contribution is 5.11. The van der Waals surface area contributed by atoms with Crippen molar-refractivity contribution in [1.82, 2.24) is 0 Å². The molecular weight excluding hydrogens is 180 g/mol. The fourth-order valence-corrected chi connectivity index (χ4v) is 2.18. The van der Waals surface area contributed by atoms with Crippen LogP contribution >= 0.6 is 0 Å². The maximum Gasteiger partial charge on any atom is 0.119 e. The van der Waals surface area contributed by atoms with Gasteiger partial charge in [0.1, 0.15) is 5.41 Å². The molecule has 0 aromatic rings. The van der Waals surface area contributed by atoms with Crippen molar-refractivity contribution >= 4 is 0 Å². The predicted molar refractivity (Wildman–Crippen MR) is 50.4 cm³/mol. The molecule has 4 heteroatoms. The van der Waals surface area contributed by atoms with E-state index in [1.165, 1.54) is 0 Å². The molecule has 2 N–H and O–H groups in total. The van der Waals surface area contributed by atoms with E-state index < -0.39 is 5.41 Å². The molecule has 78 valence electrons. The highest BCUT2D eigenvalue weighted by Gasteiger charge is 2.47. The van der Waals surface area contributed by atoms with Gasteiger partial charge in [-0.3, -0.25) is 0 Å². The Balaban J connectivity index is 1.99. The summed E-state index contributed by atoms with van der Waals surface area (Å²) in [5, 5.41) is 9.10. The Labute approximate surface area is 84.0 Å². The number of ether oxygens (including phenoxy) is 2. The third kappa shape index (κ3) is 1.52. The van der Waals surface area contributed by atoms with Gasteiger partial charge >= 0.3 is 0 Å². The largest absolute Gasteiger partial charge is 0.381 e. The molecule has 2 aliphatic rings. The molecule has 14 heavy (non-hydrogen) atoms. The van der Waals surface area contributed by atoms with Crippen LogP contribution in [0, 0.1) is 22.7 Å². The van der Waals surface area contributed by atoms with E-state index in [1.807, 2.05) is 0 Å². The third-order valence-corrected chi connectivity index (χ3v) is 3.35. The summed E-state index contributed by atoms with van der Waals surface area (Å²) in [5.74, 6) is 0.423. The second-order valence-corrected chi connectivity index (χ2v) is 4.24. The minimum atomic E-state index is -0.415. The van der Waals surface area contributed by atoms with Gasteiger partial charge in [-0.25, -0.2) is 0 Å². The first kappa shape index (κ1) is 9.91. The first-order valence-corrected chi connectivity index (χ1v) is 5.11. The zero-order chi connectivity index (χ0) is 10.0. The van der Waals surface area contributed by atoms with Crippen molar-refractivity contribution < 1.29 is 9.47 Å². The molecule has 0 saturated carbocycles. The van der Waals surface area contributed by atoms with Gasteiger partial charge in [-0.15, -0.1) is 0 Å². The molecule has 2 fully saturated rings. The van der Waals surface area contributed by atoms with Crippen LogP contribution in [0.15, 0.2) is 0 Å². The van der Waals surface area contributed by atoms with Gasteiger partial charge in [0.05, 0.1) is 19.3 Å². The second-order valence-electron chi connectivity index (χ2n) is 4.24. The number of nitrogens with zero attached hydrogens (tertiary/aromatic N) is 1. The van der Waals surface area contributed by atoms with Crippen molar-refractivity contribution in [2.45, 2.75) is 18.9 Å². The van der Waals surface area contributed by atoms with Crippen LogP contribution in [0.5, 0.6) is 0 Å². The number of nitriles is 1. The first-order valence-electron chi connectivity index (χ1n) is 5.11. The zero-order valence-corrected chi connectivity index (χ0v) is 8.24. The molecule has 0 spiro atoms. The fourth-order valence-electron chi connectivity index (χ4n) is 2.18. The Kier molecular flexibility index (Phi) is 2.73. The van der Waals surface area contributed by atoms with Crippen molar-refractivity contribution in [3.63, 3.8) is 0 Å². The van der Waals surface area contributed by atoms with Crippen molar-refractivity contribution in [3.05, 3.63) is 0 Å². The SMILES string of the molecule is N#CC1(C(N)C2CCOCC2)COC1. The number of nitrogens with two attached hydrogens (primary N) is 1. The Morgan fingerprint density at radius 3 is 2.36 bits per heavy atom. The van der Waals surface area contributed by atoms with Crippen LogP contribution in [-0.4, -0.2) is 32.5 Å². The molecule has 2 saturated heterocycles. The van der Waals surface area contributed by atoms with Gasteiger partial charge in [0.2, 0.25) is 0 Å². The Hall–Kier alpha value is -0.630. The summed E-state index contributed by atoms with van der Waals surface area (Å²) in [6.45, 7) is 2.56. The van der Waals surface area contributed by atoms with E-state index in [1.54, 1.807) is 0 Å². The Bertz CT molecular complexity index is 239. The molecular formula is C10H16N2O2. The van der Waals surface area contributed by atoms with Crippen LogP contribution in [0.4, 0.5) is 0 Å². The predicted octanol–water partition coefficient (Wildman–Crippen LogP) is 0.280. The first-order chi connectivity index (χ1) is 6.78. The van der Waals surface area contributed by atoms with Gasteiger partial charge in [-0.05, 0) is 18.8 Å². The molecule has 0 aromatic carbocycles. The van der Waals surface area contributed by atoms with Gasteiger partial charge in [0.25, 0.3) is 0 Å². The lowest BCUT2D eigenvalue weighted by Crippen LogP contribution is -2.58. The molecule has 2 aliphatic heterocycles. The van der Waals surface area contributed by atoms with Crippen molar-refractivity contribution in [2.75, 3.05) is 26.4 Å². The number of rotatable bonds is 2. The lowest BCUT2D eigenvalue weighted by molar-refractivity contribution is -0.106. The minimum Gasteiger partial charge on any atom is -0.381 e. The molecule has 1 unspecified atom stereocenters. The van der Waals surface area contributed by atoms with Gasteiger partial charge in [-0.2, -0.15) is 5.26 Å². The van der Waals surface area contributed by atoms with Gasteiger partial charge in [0, 0.05) is 19.3 Å². The molecule has 0 aliphatic carbocycles. The normalized spacial score (nSPS) is 28.9. The lowest BCUT2D eigenvalue weighted by atomic mass is 9.72. The van der Waals surface area contributed by atoms with E-state index in [2.05, 4.69) is 6.07 Å². The quantitative estimate of drug-likeness (QED) is 0.688. The lowest BCUT2D eigenvalue weighted by Gasteiger charge is -2.43. The summed E-state index contributed by atoms with van der Waals surface area (Å²) in [5.41, 5.74) is 5.73. The van der Waals surface area contributed by atoms with Gasteiger partial charge in [-0.1, -0.05) is 0 Å². The fraction of sp³-hybridized carbons (Fsp3) is 0.900. The average Bonchev–Trinajstić information content (AvgIpc) is 2.18. The molecule has 0 radical (unpaired) electrons. The maximum atomic E-state index is 9.10. The van der Waals surface area contributed by atoms with Crippen LogP contribution in [0.3, 0.4) is 0 Å². The maximum absolute atomic E-state index is 9.10. The monoisotopic (exact) mass is 196 g/mol. The highest BCUT2D eigenvalue weighted by Crippen LogP contribution is 2.36. The summed E-state index contributed by atoms with van der Waals surface area (Å²) in [4.78, 5) is 0. The van der Waals surface area contributed by atoms with E-state index in [4.69, 9.17) is 20.5 Å². The zero-order valence-electron chi connectivity index (χ0n) is 8.24. The topological polar surface area (TPSA) is 68.3 Å². The number of hydrogen-bond acceptors (Lipinski definition) is 4. The van der Waals surface area contributed by atoms with Crippen LogP contribution in [-0.2, 0) is 9.47 Å². The third-order valence-electron chi connectivity index (χ3n) is 3.35. The highest BCUT2D eigenvalue weighted by atomic mass is 16.5. The molecule has 0 aromatic heterocycles. The molecule has 0 amide bonds. The van der Waals surface area contributed by atoms with E-state index in [0.29, 0.717) is 19.1 Å². The average molecular weight is 196 g/mol. The molecule has 2 rings (SSSR count). The van der Waals surface area contributed by atoms with Crippen LogP contribution < -0.4 is 5.73 Å². The summed E-state index contributed by atoms with van der Waals surface area (Å²) >= 11 is 0. The van der Waals surface area contributed by atoms with Crippen molar-refractivity contribution in [2.24, 2.45) is 17.1 Å². The standard InChI is InChI=1S/C10H16N2O2/c11-5-10(6-14-7-10)9(12)8-1-3-13-4-2-8/h8-9H,1-4,6-7,12H2. The van der Waals surface area contributed by atoms with E-state index in [9.17, 15) is 0 Å². The molecule has 4 nitrogen and oxygen atoms in total. The molecule has 1 atom stereocenters. The smallest absolute Gasteiger partial charge is 0.119 e. The minimum absolute atomic E-state index is 0.0508. The summed E-state index contributed by atoms with van der Waals surface area (Å²) < 4.78 is 10.4. The van der Waals surface area contributed by atoms with E-state index in [0.717, 1.165) is 26.1 Å². The van der Waals surface area contributed by atoms with E-state index in [-0.39, 0.29) is 6.04 Å². The summed E-state index contributed by atoms with van der Waals surface area (Å²) in [6.07, 6.45) is 1.95. The van der Waals surface area contributed by atoms with Crippen LogP contribution in [0.25, 0.3) is 0 Å². The van der Waals surface area contributed by atoms with E-state index >= 15 is 0 Å². The molecule has 0 bridgehead atoms. The van der Waals surface area contributed by atoms with Gasteiger partial charge in [0.15, 0.2) is 0 Å². The second kappa shape index (κ2) is 3.85. The van der Waals surface area contributed by atoms with Crippen LogP contribution in [0.1, 0.15) is 12.8 Å². The number of hydrogen-bond donors (Lipinski definition) is 1. The Morgan fingerprint density at radius 2 is 1.93 bits per heavy atom. The Morgan fingerprint density at radius 1 is 1.29 bits per heavy atom. The summed E-state index contributed by atoms with van der Waals surface area (Å²) in [7, 11) is 0. The van der Waals surface area contributed by atoms with Gasteiger partial charge < -0.3 is 15.2 Å².